The maximum atomic E-state index is 12.3. The van der Waals surface area contributed by atoms with Crippen molar-refractivity contribution in [3.05, 3.63) is 94.5 Å². The summed E-state index contributed by atoms with van der Waals surface area (Å²) in [5.74, 6) is 1.46. The number of hydrogen-bond donors (Lipinski definition) is 2. The maximum Gasteiger partial charge on any atom is 0.243 e. The topological polar surface area (TPSA) is 83.0 Å². The Morgan fingerprint density at radius 2 is 1.69 bits per heavy atom. The normalized spacial score (nSPS) is 19.1. The van der Waals surface area contributed by atoms with Crippen LogP contribution < -0.4 is 15.4 Å². The molecule has 36 heavy (non-hydrogen) atoms. The molecule has 2 amide bonds. The van der Waals surface area contributed by atoms with Crippen LogP contribution in [-0.2, 0) is 42.3 Å². The summed E-state index contributed by atoms with van der Waals surface area (Å²) in [6.45, 7) is 2.53. The molecule has 0 spiro atoms. The molecule has 182 valence electrons. The second-order valence-electron chi connectivity index (χ2n) is 9.59. The molecule has 7 nitrogen and oxygen atoms in total. The molecule has 1 saturated heterocycles. The molecule has 0 saturated carbocycles. The monoisotopic (exact) mass is 480 g/mol. The van der Waals surface area contributed by atoms with E-state index in [1.54, 1.807) is 0 Å². The van der Waals surface area contributed by atoms with E-state index in [-0.39, 0.29) is 17.9 Å². The molecule has 3 aromatic rings. The largest absolute Gasteiger partial charge is 0.489 e. The third-order valence-corrected chi connectivity index (χ3v) is 7.14. The molecule has 7 heteroatoms. The van der Waals surface area contributed by atoms with Crippen molar-refractivity contribution in [3.63, 3.8) is 0 Å². The lowest BCUT2D eigenvalue weighted by Crippen LogP contribution is -2.50. The summed E-state index contributed by atoms with van der Waals surface area (Å²) in [6.07, 6.45) is 1.72. The Morgan fingerprint density at radius 3 is 2.56 bits per heavy atom. The number of amides is 2. The quantitative estimate of drug-likeness (QED) is 0.522. The van der Waals surface area contributed by atoms with Gasteiger partial charge in [-0.25, -0.2) is 0 Å². The minimum atomic E-state index is -0.271. The third-order valence-electron chi connectivity index (χ3n) is 7.14. The van der Waals surface area contributed by atoms with Crippen molar-refractivity contribution in [3.8, 4) is 5.75 Å². The first-order chi connectivity index (χ1) is 17.6. The Kier molecular flexibility index (Phi) is 5.99. The van der Waals surface area contributed by atoms with Gasteiger partial charge in [0.1, 0.15) is 18.2 Å². The van der Waals surface area contributed by atoms with Gasteiger partial charge in [0.15, 0.2) is 0 Å². The van der Waals surface area contributed by atoms with Crippen LogP contribution in [0.1, 0.15) is 40.7 Å². The first-order valence-electron chi connectivity index (χ1n) is 12.4. The highest BCUT2D eigenvalue weighted by Crippen LogP contribution is 2.34. The van der Waals surface area contributed by atoms with Gasteiger partial charge in [0.2, 0.25) is 11.8 Å². The fraction of sp³-hybridized carbons (Fsp3) is 0.276. The number of rotatable bonds is 6. The SMILES string of the molecule is O=C1CCC(N2Cc3cccc(OCc4ccc(CC5=NCc6ccccc6N5)cc4)c3C2)C(=O)N1. The van der Waals surface area contributed by atoms with Crippen molar-refractivity contribution in [2.75, 3.05) is 5.32 Å². The Morgan fingerprint density at radius 1 is 0.889 bits per heavy atom. The summed E-state index contributed by atoms with van der Waals surface area (Å²) < 4.78 is 6.23. The molecule has 3 aliphatic heterocycles. The van der Waals surface area contributed by atoms with Gasteiger partial charge in [-0.05, 0) is 40.8 Å². The molecule has 3 aromatic carbocycles. The second-order valence-corrected chi connectivity index (χ2v) is 9.59. The Labute approximate surface area is 210 Å². The summed E-state index contributed by atoms with van der Waals surface area (Å²) in [6, 6.07) is 22.5. The standard InChI is InChI=1S/C29H28N4O3/c34-28-13-12-25(29(35)32-28)33-16-22-5-3-7-26(23(22)17-33)36-18-20-10-8-19(9-11-20)14-27-30-15-21-4-1-2-6-24(21)31-27/h1-11,25H,12-18H2,(H,30,31)(H,32,34,35). The van der Waals surface area contributed by atoms with Gasteiger partial charge in [-0.1, -0.05) is 54.6 Å². The van der Waals surface area contributed by atoms with Gasteiger partial charge in [0.05, 0.1) is 12.6 Å². The van der Waals surface area contributed by atoms with E-state index in [0.717, 1.165) is 34.8 Å². The van der Waals surface area contributed by atoms with Gasteiger partial charge in [-0.15, -0.1) is 0 Å². The average molecular weight is 481 g/mol. The first kappa shape index (κ1) is 22.5. The van der Waals surface area contributed by atoms with Gasteiger partial charge in [0, 0.05) is 37.2 Å². The van der Waals surface area contributed by atoms with Crippen molar-refractivity contribution < 1.29 is 14.3 Å². The second kappa shape index (κ2) is 9.59. The van der Waals surface area contributed by atoms with Crippen molar-refractivity contribution in [1.82, 2.24) is 10.2 Å². The number of amidine groups is 1. The molecule has 1 unspecified atom stereocenters. The van der Waals surface area contributed by atoms with Crippen LogP contribution in [0.4, 0.5) is 5.69 Å². The molecule has 0 radical (unpaired) electrons. The highest BCUT2D eigenvalue weighted by Gasteiger charge is 2.35. The number of imide groups is 1. The van der Waals surface area contributed by atoms with Crippen LogP contribution in [0.3, 0.4) is 0 Å². The number of anilines is 1. The molecule has 1 atom stereocenters. The Balaban J connectivity index is 1.07. The van der Waals surface area contributed by atoms with Crippen LogP contribution in [0.5, 0.6) is 5.75 Å². The minimum Gasteiger partial charge on any atom is -0.489 e. The van der Waals surface area contributed by atoms with Gasteiger partial charge >= 0.3 is 0 Å². The van der Waals surface area contributed by atoms with Crippen molar-refractivity contribution in [1.29, 1.82) is 0 Å². The summed E-state index contributed by atoms with van der Waals surface area (Å²) >= 11 is 0. The number of carbonyl (C=O) groups is 2. The summed E-state index contributed by atoms with van der Waals surface area (Å²) in [5, 5.41) is 5.91. The molecule has 0 aliphatic carbocycles. The van der Waals surface area contributed by atoms with E-state index < -0.39 is 0 Å². The van der Waals surface area contributed by atoms with E-state index in [4.69, 9.17) is 4.74 Å². The average Bonchev–Trinajstić information content (AvgIpc) is 3.33. The maximum absolute atomic E-state index is 12.3. The zero-order chi connectivity index (χ0) is 24.5. The molecule has 6 rings (SSSR count). The van der Waals surface area contributed by atoms with E-state index in [0.29, 0.717) is 39.1 Å². The molecule has 0 aromatic heterocycles. The molecular weight excluding hydrogens is 452 g/mol. The minimum absolute atomic E-state index is 0.184. The number of nitrogens with zero attached hydrogens (tertiary/aromatic N) is 2. The molecule has 2 N–H and O–H groups in total. The summed E-state index contributed by atoms with van der Waals surface area (Å²) in [5.41, 5.74) is 6.96. The predicted octanol–water partition coefficient (Wildman–Crippen LogP) is 3.95. The first-order valence-corrected chi connectivity index (χ1v) is 12.4. The van der Waals surface area contributed by atoms with Gasteiger partial charge in [0.25, 0.3) is 0 Å². The van der Waals surface area contributed by atoms with Crippen LogP contribution in [0.15, 0.2) is 71.7 Å². The Hall–Kier alpha value is -3.97. The lowest BCUT2D eigenvalue weighted by Gasteiger charge is -2.29. The number of aliphatic imine (C=N–C) groups is 1. The number of hydrogen-bond acceptors (Lipinski definition) is 6. The summed E-state index contributed by atoms with van der Waals surface area (Å²) in [7, 11) is 0. The Bertz CT molecular complexity index is 1350. The molecule has 1 fully saturated rings. The van der Waals surface area contributed by atoms with Crippen LogP contribution in [0, 0.1) is 0 Å². The van der Waals surface area contributed by atoms with E-state index in [2.05, 4.69) is 63.0 Å². The zero-order valence-electron chi connectivity index (χ0n) is 20.0. The highest BCUT2D eigenvalue weighted by atomic mass is 16.5. The molecular formula is C29H28N4O3. The van der Waals surface area contributed by atoms with Crippen LogP contribution in [0.2, 0.25) is 0 Å². The van der Waals surface area contributed by atoms with Crippen LogP contribution in [0.25, 0.3) is 0 Å². The number of fused-ring (bicyclic) bond motifs is 2. The van der Waals surface area contributed by atoms with Gasteiger partial charge in [-0.2, -0.15) is 0 Å². The van der Waals surface area contributed by atoms with E-state index in [1.165, 1.54) is 16.7 Å². The molecule has 3 aliphatic rings. The third kappa shape index (κ3) is 4.62. The fourth-order valence-corrected chi connectivity index (χ4v) is 5.17. The number of para-hydroxylation sites is 1. The van der Waals surface area contributed by atoms with Crippen LogP contribution >= 0.6 is 0 Å². The van der Waals surface area contributed by atoms with Crippen LogP contribution in [-0.4, -0.2) is 28.6 Å². The number of nitrogens with one attached hydrogen (secondary N) is 2. The van der Waals surface area contributed by atoms with Crippen molar-refractivity contribution in [2.24, 2.45) is 4.99 Å². The summed E-state index contributed by atoms with van der Waals surface area (Å²) in [4.78, 5) is 30.7. The number of carbonyl (C=O) groups excluding carboxylic acids is 2. The van der Waals surface area contributed by atoms with Gasteiger partial charge < -0.3 is 10.1 Å². The van der Waals surface area contributed by atoms with Gasteiger partial charge in [-0.3, -0.25) is 24.8 Å². The number of piperidine rings is 1. The lowest BCUT2D eigenvalue weighted by atomic mass is 10.0. The van der Waals surface area contributed by atoms with Crippen molar-refractivity contribution >= 4 is 23.3 Å². The lowest BCUT2D eigenvalue weighted by molar-refractivity contribution is -0.137. The number of ether oxygens (including phenoxy) is 1. The van der Waals surface area contributed by atoms with E-state index >= 15 is 0 Å². The molecule has 0 bridgehead atoms. The highest BCUT2D eigenvalue weighted by molar-refractivity contribution is 6.00. The fourth-order valence-electron chi connectivity index (χ4n) is 5.17. The van der Waals surface area contributed by atoms with E-state index in [1.807, 2.05) is 24.3 Å². The predicted molar refractivity (Wildman–Crippen MR) is 138 cm³/mol. The smallest absolute Gasteiger partial charge is 0.243 e. The van der Waals surface area contributed by atoms with Crippen molar-refractivity contribution in [2.45, 2.75) is 51.5 Å². The zero-order valence-corrected chi connectivity index (χ0v) is 20.0. The number of benzene rings is 3. The van der Waals surface area contributed by atoms with E-state index in [9.17, 15) is 9.59 Å². The molecule has 3 heterocycles.